The average molecular weight is 134 g/mol. The van der Waals surface area contributed by atoms with E-state index in [0.717, 1.165) is 6.42 Å². The summed E-state index contributed by atoms with van der Waals surface area (Å²) in [7, 11) is 0. The predicted octanol–water partition coefficient (Wildman–Crippen LogP) is 2.15. The molecular weight excluding hydrogens is 127 g/mol. The van der Waals surface area contributed by atoms with Gasteiger partial charge in [-0.25, -0.2) is 4.39 Å². The van der Waals surface area contributed by atoms with Crippen LogP contribution in [0.15, 0.2) is 35.5 Å². The molecule has 0 aromatic rings. The van der Waals surface area contributed by atoms with Crippen LogP contribution in [0.5, 0.6) is 0 Å². The highest BCUT2D eigenvalue weighted by atomic mass is 19.1. The lowest BCUT2D eigenvalue weighted by Gasteiger charge is -2.31. The number of hydrogen-bond acceptors (Lipinski definition) is 0. The van der Waals surface area contributed by atoms with E-state index in [4.69, 9.17) is 0 Å². The van der Waals surface area contributed by atoms with Gasteiger partial charge in [0.1, 0.15) is 6.17 Å². The summed E-state index contributed by atoms with van der Waals surface area (Å²) in [4.78, 5) is 0. The molecule has 50 valence electrons. The van der Waals surface area contributed by atoms with Gasteiger partial charge in [-0.05, 0) is 17.6 Å². The van der Waals surface area contributed by atoms with E-state index in [-0.39, 0.29) is 5.41 Å². The van der Waals surface area contributed by atoms with Crippen molar-refractivity contribution < 1.29 is 4.39 Å². The molecule has 1 saturated carbocycles. The standard InChI is InChI=1S/C9H7F/c10-8-5-9(8)6-2-1-3-7(9)4-6/h1-4,8H,5H2. The predicted molar refractivity (Wildman–Crippen MR) is 37.3 cm³/mol. The van der Waals surface area contributed by atoms with Crippen LogP contribution in [-0.4, -0.2) is 6.17 Å². The van der Waals surface area contributed by atoms with Crippen molar-refractivity contribution in [2.24, 2.45) is 5.41 Å². The van der Waals surface area contributed by atoms with Gasteiger partial charge in [-0.15, -0.1) is 0 Å². The summed E-state index contributed by atoms with van der Waals surface area (Å²) in [6, 6.07) is 0. The second-order valence-electron chi connectivity index (χ2n) is 3.22. The van der Waals surface area contributed by atoms with Gasteiger partial charge < -0.3 is 0 Å². The molecular formula is C9H7F. The number of alkyl halides is 1. The fourth-order valence-electron chi connectivity index (χ4n) is 1.98. The Bertz CT molecular complexity index is 282. The first kappa shape index (κ1) is 4.89. The molecule has 2 unspecified atom stereocenters. The fourth-order valence-corrected chi connectivity index (χ4v) is 1.98. The van der Waals surface area contributed by atoms with Gasteiger partial charge in [0.2, 0.25) is 0 Å². The van der Waals surface area contributed by atoms with Crippen molar-refractivity contribution in [3.05, 3.63) is 35.5 Å². The summed E-state index contributed by atoms with van der Waals surface area (Å²) in [6.07, 6.45) is 8.28. The third kappa shape index (κ3) is 0.297. The summed E-state index contributed by atoms with van der Waals surface area (Å²) in [5, 5.41) is 0. The van der Waals surface area contributed by atoms with Crippen LogP contribution < -0.4 is 0 Å². The van der Waals surface area contributed by atoms with E-state index >= 15 is 0 Å². The molecule has 10 heavy (non-hydrogen) atoms. The smallest absolute Gasteiger partial charge is 0.115 e. The maximum Gasteiger partial charge on any atom is 0.115 e. The van der Waals surface area contributed by atoms with Crippen molar-refractivity contribution in [1.82, 2.24) is 0 Å². The molecule has 0 saturated heterocycles. The Hall–Kier alpha value is -0.850. The minimum Gasteiger partial charge on any atom is -0.246 e. The molecule has 3 aliphatic rings. The molecule has 1 spiro atoms. The molecule has 2 bridgehead atoms. The van der Waals surface area contributed by atoms with Crippen LogP contribution >= 0.6 is 0 Å². The van der Waals surface area contributed by atoms with Crippen LogP contribution in [-0.2, 0) is 0 Å². The van der Waals surface area contributed by atoms with Gasteiger partial charge in [0.15, 0.2) is 0 Å². The Balaban J connectivity index is 2.18. The molecule has 0 aromatic heterocycles. The molecule has 0 aromatic carbocycles. The number of halogens is 1. The third-order valence-corrected chi connectivity index (χ3v) is 2.77. The van der Waals surface area contributed by atoms with Crippen molar-refractivity contribution in [1.29, 1.82) is 0 Å². The minimum absolute atomic E-state index is 0.0885. The molecule has 1 heteroatoms. The second-order valence-corrected chi connectivity index (χ2v) is 3.22. The largest absolute Gasteiger partial charge is 0.246 e. The fraction of sp³-hybridized carbons (Fsp3) is 0.333. The quantitative estimate of drug-likeness (QED) is 0.476. The van der Waals surface area contributed by atoms with E-state index in [0.29, 0.717) is 0 Å². The number of hydrogen-bond donors (Lipinski definition) is 0. The van der Waals surface area contributed by atoms with Crippen molar-refractivity contribution in [3.8, 4) is 0 Å². The monoisotopic (exact) mass is 134 g/mol. The summed E-state index contributed by atoms with van der Waals surface area (Å²) in [6.45, 7) is 0. The average Bonchev–Trinajstić information content (AvgIpc) is 2.66. The highest BCUT2D eigenvalue weighted by Crippen LogP contribution is 2.67. The third-order valence-electron chi connectivity index (χ3n) is 2.77. The van der Waals surface area contributed by atoms with Crippen molar-refractivity contribution >= 4 is 0 Å². The summed E-state index contributed by atoms with van der Waals surface area (Å²) in [5.41, 5.74) is 2.32. The summed E-state index contributed by atoms with van der Waals surface area (Å²) >= 11 is 0. The Morgan fingerprint density at radius 3 is 2.60 bits per heavy atom. The van der Waals surface area contributed by atoms with Crippen LogP contribution in [0.4, 0.5) is 4.39 Å². The second kappa shape index (κ2) is 1.14. The lowest BCUT2D eigenvalue weighted by Crippen LogP contribution is -2.21. The zero-order valence-electron chi connectivity index (χ0n) is 5.47. The van der Waals surface area contributed by atoms with Gasteiger partial charge in [0.05, 0.1) is 5.41 Å². The first-order valence-electron chi connectivity index (χ1n) is 3.59. The maximum absolute atomic E-state index is 12.8. The Morgan fingerprint density at radius 2 is 2.30 bits per heavy atom. The lowest BCUT2D eigenvalue weighted by molar-refractivity contribution is 0.415. The first-order valence-corrected chi connectivity index (χ1v) is 3.59. The molecule has 3 rings (SSSR count). The van der Waals surface area contributed by atoms with E-state index in [9.17, 15) is 4.39 Å². The molecule has 3 aliphatic carbocycles. The van der Waals surface area contributed by atoms with Crippen LogP contribution in [0.25, 0.3) is 0 Å². The van der Waals surface area contributed by atoms with Crippen LogP contribution in [0.3, 0.4) is 0 Å². The Morgan fingerprint density at radius 1 is 1.50 bits per heavy atom. The van der Waals surface area contributed by atoms with Gasteiger partial charge in [0.25, 0.3) is 0 Å². The molecule has 0 aliphatic heterocycles. The first-order chi connectivity index (χ1) is 4.84. The molecule has 2 atom stereocenters. The maximum atomic E-state index is 12.8. The van der Waals surface area contributed by atoms with Gasteiger partial charge in [-0.1, -0.05) is 24.3 Å². The Kier molecular flexibility index (Phi) is 0.555. The van der Waals surface area contributed by atoms with Crippen molar-refractivity contribution in [2.75, 3.05) is 0 Å². The van der Waals surface area contributed by atoms with Crippen LogP contribution in [0, 0.1) is 5.41 Å². The number of rotatable bonds is 0. The molecule has 0 N–H and O–H groups in total. The van der Waals surface area contributed by atoms with Crippen molar-refractivity contribution in [2.45, 2.75) is 12.6 Å². The van der Waals surface area contributed by atoms with Crippen LogP contribution in [0.2, 0.25) is 0 Å². The minimum atomic E-state index is -0.580. The summed E-state index contributed by atoms with van der Waals surface area (Å²) < 4.78 is 12.8. The molecule has 0 radical (unpaired) electrons. The van der Waals surface area contributed by atoms with Crippen molar-refractivity contribution in [3.63, 3.8) is 0 Å². The van der Waals surface area contributed by atoms with E-state index < -0.39 is 6.17 Å². The molecule has 0 amide bonds. The van der Waals surface area contributed by atoms with E-state index in [2.05, 4.69) is 6.08 Å². The molecule has 0 heterocycles. The normalized spacial score (nSPS) is 46.3. The molecule has 1 fully saturated rings. The van der Waals surface area contributed by atoms with Crippen LogP contribution in [0.1, 0.15) is 6.42 Å². The van der Waals surface area contributed by atoms with Gasteiger partial charge >= 0.3 is 0 Å². The highest BCUT2D eigenvalue weighted by Gasteiger charge is 2.63. The zero-order chi connectivity index (χ0) is 6.77. The lowest BCUT2D eigenvalue weighted by atomic mass is 9.73. The topological polar surface area (TPSA) is 0 Å². The van der Waals surface area contributed by atoms with Gasteiger partial charge in [-0.3, -0.25) is 0 Å². The zero-order valence-corrected chi connectivity index (χ0v) is 5.47. The molecule has 0 nitrogen and oxygen atoms in total. The Labute approximate surface area is 58.7 Å². The van der Waals surface area contributed by atoms with E-state index in [1.54, 1.807) is 0 Å². The van der Waals surface area contributed by atoms with E-state index in [1.165, 1.54) is 11.1 Å². The summed E-state index contributed by atoms with van der Waals surface area (Å²) in [5.74, 6) is 0. The van der Waals surface area contributed by atoms with Gasteiger partial charge in [0, 0.05) is 0 Å². The number of allylic oxidation sites excluding steroid dienone is 6. The van der Waals surface area contributed by atoms with E-state index in [1.807, 2.05) is 18.2 Å². The van der Waals surface area contributed by atoms with Gasteiger partial charge in [-0.2, -0.15) is 0 Å². The highest BCUT2D eigenvalue weighted by molar-refractivity contribution is 5.64. The SMILES string of the molecule is FC1CC12c1cccc2c1.